The molecule has 1 aromatic carbocycles. The normalized spacial score (nSPS) is 36.1. The van der Waals surface area contributed by atoms with E-state index in [1.165, 1.54) is 36.8 Å². The van der Waals surface area contributed by atoms with Crippen molar-refractivity contribution in [2.24, 2.45) is 5.92 Å². The van der Waals surface area contributed by atoms with E-state index in [0.29, 0.717) is 24.6 Å². The average Bonchev–Trinajstić information content (AvgIpc) is 3.08. The third-order valence-corrected chi connectivity index (χ3v) is 9.82. The Morgan fingerprint density at radius 2 is 1.94 bits per heavy atom. The summed E-state index contributed by atoms with van der Waals surface area (Å²) < 4.78 is 5.37. The Balaban J connectivity index is 0.00000241. The fraction of sp³-hybridized carbons (Fsp3) is 0.704. The van der Waals surface area contributed by atoms with Gasteiger partial charge in [-0.25, -0.2) is 4.79 Å². The van der Waals surface area contributed by atoms with E-state index in [0.717, 1.165) is 38.8 Å². The zero-order valence-corrected chi connectivity index (χ0v) is 20.0. The van der Waals surface area contributed by atoms with Gasteiger partial charge in [-0.15, -0.1) is 0 Å². The van der Waals surface area contributed by atoms with E-state index in [1.54, 1.807) is 6.92 Å². The van der Waals surface area contributed by atoms with Crippen molar-refractivity contribution >= 4 is 12.0 Å². The summed E-state index contributed by atoms with van der Waals surface area (Å²) in [6.45, 7) is 6.25. The first-order valence-electron chi connectivity index (χ1n) is 13.0. The van der Waals surface area contributed by atoms with Crippen LogP contribution in [0.4, 0.5) is 4.79 Å². The third-order valence-electron chi connectivity index (χ3n) is 9.82. The number of likely N-dealkylation sites (tertiary alicyclic amines) is 2. The highest BCUT2D eigenvalue weighted by molar-refractivity contribution is 5.75. The molecule has 2 amide bonds. The first-order chi connectivity index (χ1) is 16.0. The lowest BCUT2D eigenvalue weighted by Gasteiger charge is -2.48. The lowest BCUT2D eigenvalue weighted by Crippen LogP contribution is -2.49. The zero-order chi connectivity index (χ0) is 22.8. The van der Waals surface area contributed by atoms with Crippen LogP contribution in [0.25, 0.3) is 0 Å². The Morgan fingerprint density at radius 1 is 1.15 bits per heavy atom. The second kappa shape index (κ2) is 7.72. The van der Waals surface area contributed by atoms with E-state index in [2.05, 4.69) is 39.4 Å². The molecule has 6 rings (SSSR count). The van der Waals surface area contributed by atoms with Gasteiger partial charge in [0.2, 0.25) is 5.91 Å². The average molecular weight is 454 g/mol. The highest BCUT2D eigenvalue weighted by atomic mass is 16.6. The van der Waals surface area contributed by atoms with Crippen molar-refractivity contribution in [3.8, 4) is 0 Å². The number of hydrogen-bond acceptors (Lipinski definition) is 4. The SMILES string of the molecule is CCOC(=O)N1C2CCC3CC(N4CCC5(CC[C@@H](NC(C)=O)c6ccccc65)CC4)CC321.[HH]. The summed E-state index contributed by atoms with van der Waals surface area (Å²) in [6.07, 6.45) is 9.28. The molecule has 2 heterocycles. The predicted octanol–water partition coefficient (Wildman–Crippen LogP) is 4.39. The fourth-order valence-electron chi connectivity index (χ4n) is 8.37. The molecule has 180 valence electrons. The van der Waals surface area contributed by atoms with Crippen molar-refractivity contribution in [3.05, 3.63) is 35.4 Å². The third kappa shape index (κ3) is 3.16. The largest absolute Gasteiger partial charge is 0.450 e. The summed E-state index contributed by atoms with van der Waals surface area (Å²) in [7, 11) is 0. The van der Waals surface area contributed by atoms with Crippen LogP contribution in [0.3, 0.4) is 0 Å². The molecule has 4 fully saturated rings. The maximum absolute atomic E-state index is 12.5. The minimum absolute atomic E-state index is 0. The number of carbonyl (C=O) groups excluding carboxylic acids is 2. The Morgan fingerprint density at radius 3 is 2.70 bits per heavy atom. The van der Waals surface area contributed by atoms with Gasteiger partial charge in [0.25, 0.3) is 0 Å². The van der Waals surface area contributed by atoms with Crippen LogP contribution in [0.5, 0.6) is 0 Å². The number of fused-ring (bicyclic) bond motifs is 2. The number of benzene rings is 1. The van der Waals surface area contributed by atoms with Crippen molar-refractivity contribution in [3.63, 3.8) is 0 Å². The van der Waals surface area contributed by atoms with Gasteiger partial charge < -0.3 is 15.0 Å². The minimum Gasteiger partial charge on any atom is -0.450 e. The molecule has 6 heteroatoms. The van der Waals surface area contributed by atoms with Crippen LogP contribution >= 0.6 is 0 Å². The van der Waals surface area contributed by atoms with Crippen LogP contribution in [-0.4, -0.2) is 59.1 Å². The van der Waals surface area contributed by atoms with Gasteiger partial charge in [-0.2, -0.15) is 0 Å². The second-order valence-corrected chi connectivity index (χ2v) is 11.1. The summed E-state index contributed by atoms with van der Waals surface area (Å²) in [5.41, 5.74) is 3.14. The van der Waals surface area contributed by atoms with Gasteiger partial charge in [0.15, 0.2) is 0 Å². The van der Waals surface area contributed by atoms with Gasteiger partial charge in [-0.3, -0.25) is 9.69 Å². The Labute approximate surface area is 198 Å². The van der Waals surface area contributed by atoms with Crippen LogP contribution in [0, 0.1) is 5.92 Å². The van der Waals surface area contributed by atoms with E-state index in [9.17, 15) is 9.59 Å². The Hall–Kier alpha value is -2.08. The molecule has 4 unspecified atom stereocenters. The summed E-state index contributed by atoms with van der Waals surface area (Å²) >= 11 is 0. The van der Waals surface area contributed by atoms with Crippen molar-refractivity contribution < 1.29 is 15.8 Å². The van der Waals surface area contributed by atoms with E-state index in [4.69, 9.17) is 4.74 Å². The van der Waals surface area contributed by atoms with E-state index < -0.39 is 0 Å². The summed E-state index contributed by atoms with van der Waals surface area (Å²) in [5, 5.41) is 3.18. The fourth-order valence-corrected chi connectivity index (χ4v) is 8.37. The van der Waals surface area contributed by atoms with Gasteiger partial charge in [0.05, 0.1) is 24.2 Å². The molecule has 0 bridgehead atoms. The maximum Gasteiger partial charge on any atom is 0.410 e. The van der Waals surface area contributed by atoms with Gasteiger partial charge in [-0.05, 0) is 93.8 Å². The van der Waals surface area contributed by atoms with Gasteiger partial charge in [-0.1, -0.05) is 24.3 Å². The molecule has 0 aromatic heterocycles. The lowest BCUT2D eigenvalue weighted by molar-refractivity contribution is -0.119. The number of carbonyl (C=O) groups is 2. The number of rotatable bonds is 3. The standard InChI is InChI=1S/C27H37N3O3.H2/c1-3-33-25(32)30-24-9-8-19-16-20(17-27(19,24)30)29-14-12-26(13-15-29)11-10-23(28-18(2)31)21-6-4-5-7-22(21)26;/h4-7,19-20,23-24H,3,8-17H2,1-2H3,(H,28,31);1H/t19?,20?,23-,24?,27?,30?;/m1./s1. The first kappa shape index (κ1) is 21.5. The number of amides is 2. The lowest BCUT2D eigenvalue weighted by atomic mass is 9.63. The van der Waals surface area contributed by atoms with Crippen LogP contribution in [0.1, 0.15) is 83.8 Å². The quantitative estimate of drug-likeness (QED) is 0.690. The maximum atomic E-state index is 12.5. The molecule has 2 saturated heterocycles. The molecule has 1 aromatic rings. The van der Waals surface area contributed by atoms with E-state index in [1.807, 2.05) is 6.92 Å². The van der Waals surface area contributed by atoms with Crippen LogP contribution in [0.2, 0.25) is 0 Å². The Kier molecular flexibility index (Phi) is 5.02. The monoisotopic (exact) mass is 453 g/mol. The molecule has 6 nitrogen and oxygen atoms in total. The summed E-state index contributed by atoms with van der Waals surface area (Å²) in [5.74, 6) is 0.712. The van der Waals surface area contributed by atoms with Gasteiger partial charge in [0.1, 0.15) is 0 Å². The smallest absolute Gasteiger partial charge is 0.410 e. The van der Waals surface area contributed by atoms with Crippen LogP contribution in [-0.2, 0) is 14.9 Å². The topological polar surface area (TPSA) is 61.7 Å². The number of hydrogen-bond donors (Lipinski definition) is 1. The van der Waals surface area contributed by atoms with Crippen LogP contribution in [0.15, 0.2) is 24.3 Å². The molecule has 1 N–H and O–H groups in total. The summed E-state index contributed by atoms with van der Waals surface area (Å²) in [4.78, 5) is 29.1. The van der Waals surface area contributed by atoms with Crippen molar-refractivity contribution in [2.75, 3.05) is 19.7 Å². The molecule has 5 atom stereocenters. The second-order valence-electron chi connectivity index (χ2n) is 11.1. The van der Waals surface area contributed by atoms with Gasteiger partial charge >= 0.3 is 6.09 Å². The van der Waals surface area contributed by atoms with Crippen molar-refractivity contribution in [2.45, 2.75) is 94.3 Å². The molecule has 5 aliphatic rings. The molecule has 33 heavy (non-hydrogen) atoms. The number of piperidine rings is 2. The zero-order valence-electron chi connectivity index (χ0n) is 20.0. The first-order valence-corrected chi connectivity index (χ1v) is 13.0. The molecule has 3 aliphatic carbocycles. The van der Waals surface area contributed by atoms with Crippen molar-refractivity contribution in [1.82, 2.24) is 15.1 Å². The highest BCUT2D eigenvalue weighted by Gasteiger charge is 2.75. The molecular weight excluding hydrogens is 414 g/mol. The molecule has 0 radical (unpaired) electrons. The Bertz CT molecular complexity index is 962. The minimum atomic E-state index is -0.0852. The molecule has 2 aliphatic heterocycles. The molecule has 2 saturated carbocycles. The molecule has 2 spiro atoms. The highest BCUT2D eigenvalue weighted by Crippen LogP contribution is 2.65. The number of nitrogens with zero attached hydrogens (tertiary/aromatic N) is 2. The van der Waals surface area contributed by atoms with E-state index in [-0.39, 0.29) is 30.4 Å². The van der Waals surface area contributed by atoms with E-state index >= 15 is 0 Å². The predicted molar refractivity (Wildman–Crippen MR) is 128 cm³/mol. The van der Waals surface area contributed by atoms with Crippen molar-refractivity contribution in [1.29, 1.82) is 0 Å². The summed E-state index contributed by atoms with van der Waals surface area (Å²) in [6, 6.07) is 9.98. The number of nitrogens with one attached hydrogen (secondary N) is 1. The molecular formula is C27H39N3O3. The number of ether oxygens (including phenoxy) is 1. The van der Waals surface area contributed by atoms with Gasteiger partial charge in [0, 0.05) is 14.4 Å². The van der Waals surface area contributed by atoms with Crippen LogP contribution < -0.4 is 5.32 Å².